The summed E-state index contributed by atoms with van der Waals surface area (Å²) in [5.74, 6) is 0.741. The van der Waals surface area contributed by atoms with Gasteiger partial charge in [0.1, 0.15) is 17.1 Å². The Morgan fingerprint density at radius 1 is 1.04 bits per heavy atom. The highest BCUT2D eigenvalue weighted by Crippen LogP contribution is 2.28. The molecule has 0 saturated heterocycles. The summed E-state index contributed by atoms with van der Waals surface area (Å²) in [6.45, 7) is 0. The summed E-state index contributed by atoms with van der Waals surface area (Å²) in [6.07, 6.45) is 4.96. The number of carbonyl (C=O) groups excluding carboxylic acids is 1. The van der Waals surface area contributed by atoms with Crippen molar-refractivity contribution in [1.82, 2.24) is 9.97 Å². The summed E-state index contributed by atoms with van der Waals surface area (Å²) >= 11 is 0. The van der Waals surface area contributed by atoms with Crippen LogP contribution in [0.3, 0.4) is 0 Å². The molecule has 0 saturated carbocycles. The van der Waals surface area contributed by atoms with E-state index in [-0.39, 0.29) is 5.56 Å². The Labute approximate surface area is 139 Å². The number of hydrogen-bond acceptors (Lipinski definition) is 7. The molecule has 0 aliphatic heterocycles. The molecule has 0 fully saturated rings. The molecule has 24 heavy (non-hydrogen) atoms. The Morgan fingerprint density at radius 2 is 1.83 bits per heavy atom. The monoisotopic (exact) mass is 330 g/mol. The van der Waals surface area contributed by atoms with E-state index in [0.717, 1.165) is 0 Å². The molecule has 2 heterocycles. The molecule has 0 bridgehead atoms. The highest BCUT2D eigenvalue weighted by molar-refractivity contribution is 5.97. The van der Waals surface area contributed by atoms with Crippen molar-refractivity contribution in [3.63, 3.8) is 0 Å². The molecule has 0 radical (unpaired) electrons. The summed E-state index contributed by atoms with van der Waals surface area (Å²) in [4.78, 5) is 20.6. The molecule has 7 nitrogen and oxygen atoms in total. The standard InChI is InChI=1S/C17H18N2O5/c1-21-12-7-5-11(18-10-12)6-8-13-16(17(20)24-4)14(22-2)9-15(19-13)23-3/h5-10H,1-4H3/b8-6-. The minimum Gasteiger partial charge on any atom is -0.496 e. The molecule has 0 aromatic carbocycles. The van der Waals surface area contributed by atoms with Crippen molar-refractivity contribution in [1.29, 1.82) is 0 Å². The number of carbonyl (C=O) groups is 1. The summed E-state index contributed by atoms with van der Waals surface area (Å²) in [5.41, 5.74) is 1.25. The second-order valence-corrected chi connectivity index (χ2v) is 4.57. The largest absolute Gasteiger partial charge is 0.496 e. The minimum absolute atomic E-state index is 0.213. The van der Waals surface area contributed by atoms with Crippen LogP contribution < -0.4 is 14.2 Å². The van der Waals surface area contributed by atoms with E-state index in [1.807, 2.05) is 0 Å². The van der Waals surface area contributed by atoms with Gasteiger partial charge in [-0.25, -0.2) is 9.78 Å². The average molecular weight is 330 g/mol. The number of methoxy groups -OCH3 is 4. The van der Waals surface area contributed by atoms with Crippen molar-refractivity contribution < 1.29 is 23.7 Å². The van der Waals surface area contributed by atoms with Gasteiger partial charge < -0.3 is 18.9 Å². The van der Waals surface area contributed by atoms with Crippen LogP contribution in [-0.4, -0.2) is 44.4 Å². The lowest BCUT2D eigenvalue weighted by Gasteiger charge is -2.11. The summed E-state index contributed by atoms with van der Waals surface area (Å²) in [6, 6.07) is 5.09. The lowest BCUT2D eigenvalue weighted by atomic mass is 10.1. The van der Waals surface area contributed by atoms with Crippen LogP contribution in [0.1, 0.15) is 21.7 Å². The quantitative estimate of drug-likeness (QED) is 0.753. The van der Waals surface area contributed by atoms with Crippen LogP contribution in [0, 0.1) is 0 Å². The van der Waals surface area contributed by atoms with Crippen LogP contribution in [0.4, 0.5) is 0 Å². The van der Waals surface area contributed by atoms with Gasteiger partial charge in [0.2, 0.25) is 5.88 Å². The fraction of sp³-hybridized carbons (Fsp3) is 0.235. The van der Waals surface area contributed by atoms with E-state index in [2.05, 4.69) is 9.97 Å². The molecule has 0 amide bonds. The SMILES string of the molecule is COC(=O)c1c(OC)cc(OC)nc1/C=C\c1ccc(OC)cn1. The number of aromatic nitrogens is 2. The van der Waals surface area contributed by atoms with Crippen LogP contribution in [0.15, 0.2) is 24.4 Å². The van der Waals surface area contributed by atoms with Crippen LogP contribution in [0.25, 0.3) is 12.2 Å². The van der Waals surface area contributed by atoms with Gasteiger partial charge in [-0.3, -0.25) is 4.98 Å². The first kappa shape index (κ1) is 17.3. The van der Waals surface area contributed by atoms with E-state index >= 15 is 0 Å². The third-order valence-corrected chi connectivity index (χ3v) is 3.21. The van der Waals surface area contributed by atoms with Gasteiger partial charge in [0.15, 0.2) is 0 Å². The Morgan fingerprint density at radius 3 is 2.38 bits per heavy atom. The molecule has 2 aromatic rings. The first-order chi connectivity index (χ1) is 11.6. The van der Waals surface area contributed by atoms with Gasteiger partial charge in [-0.2, -0.15) is 0 Å². The van der Waals surface area contributed by atoms with Gasteiger partial charge in [-0.15, -0.1) is 0 Å². The Kier molecular flexibility index (Phi) is 5.73. The van der Waals surface area contributed by atoms with E-state index in [1.54, 1.807) is 37.6 Å². The second kappa shape index (κ2) is 7.96. The summed E-state index contributed by atoms with van der Waals surface area (Å²) in [7, 11) is 5.81. The smallest absolute Gasteiger partial charge is 0.343 e. The Balaban J connectivity index is 2.45. The second-order valence-electron chi connectivity index (χ2n) is 4.57. The maximum atomic E-state index is 12.1. The van der Waals surface area contributed by atoms with E-state index in [0.29, 0.717) is 28.8 Å². The molecule has 0 atom stereocenters. The van der Waals surface area contributed by atoms with Crippen molar-refractivity contribution in [2.45, 2.75) is 0 Å². The number of rotatable bonds is 6. The molecule has 0 aliphatic carbocycles. The number of esters is 1. The number of pyridine rings is 2. The number of hydrogen-bond donors (Lipinski definition) is 0. The van der Waals surface area contributed by atoms with Crippen molar-refractivity contribution in [2.24, 2.45) is 0 Å². The highest BCUT2D eigenvalue weighted by Gasteiger charge is 2.20. The normalized spacial score (nSPS) is 10.5. The van der Waals surface area contributed by atoms with Gasteiger partial charge in [-0.05, 0) is 24.3 Å². The third-order valence-electron chi connectivity index (χ3n) is 3.21. The molecule has 2 rings (SSSR count). The topological polar surface area (TPSA) is 79.8 Å². The zero-order valence-electron chi connectivity index (χ0n) is 13.9. The van der Waals surface area contributed by atoms with Gasteiger partial charge in [0, 0.05) is 6.07 Å². The lowest BCUT2D eigenvalue weighted by Crippen LogP contribution is -2.09. The maximum Gasteiger partial charge on any atom is 0.343 e. The van der Waals surface area contributed by atoms with Crippen LogP contribution >= 0.6 is 0 Å². The summed E-state index contributed by atoms with van der Waals surface area (Å²) < 4.78 is 20.3. The van der Waals surface area contributed by atoms with Gasteiger partial charge in [0.25, 0.3) is 0 Å². The first-order valence-corrected chi connectivity index (χ1v) is 7.02. The van der Waals surface area contributed by atoms with E-state index < -0.39 is 5.97 Å². The molecule has 0 unspecified atom stereocenters. The molecule has 126 valence electrons. The average Bonchev–Trinajstić information content (AvgIpc) is 2.65. The van der Waals surface area contributed by atoms with Crippen LogP contribution in [0.5, 0.6) is 17.4 Å². The van der Waals surface area contributed by atoms with Gasteiger partial charge >= 0.3 is 5.97 Å². The number of nitrogens with zero attached hydrogens (tertiary/aromatic N) is 2. The van der Waals surface area contributed by atoms with E-state index in [4.69, 9.17) is 18.9 Å². The zero-order chi connectivity index (χ0) is 17.5. The van der Waals surface area contributed by atoms with Gasteiger partial charge in [0.05, 0.1) is 46.0 Å². The van der Waals surface area contributed by atoms with Gasteiger partial charge in [-0.1, -0.05) is 0 Å². The van der Waals surface area contributed by atoms with E-state index in [9.17, 15) is 4.79 Å². The Hall–Kier alpha value is -3.09. The lowest BCUT2D eigenvalue weighted by molar-refractivity contribution is 0.0596. The molecule has 7 heteroatoms. The zero-order valence-corrected chi connectivity index (χ0v) is 13.9. The predicted molar refractivity (Wildman–Crippen MR) is 88.4 cm³/mol. The van der Waals surface area contributed by atoms with E-state index in [1.165, 1.54) is 27.4 Å². The minimum atomic E-state index is -0.552. The fourth-order valence-corrected chi connectivity index (χ4v) is 1.99. The van der Waals surface area contributed by atoms with Crippen molar-refractivity contribution in [3.05, 3.63) is 41.3 Å². The molecular formula is C17H18N2O5. The third kappa shape index (κ3) is 3.81. The maximum absolute atomic E-state index is 12.1. The highest BCUT2D eigenvalue weighted by atomic mass is 16.5. The van der Waals surface area contributed by atoms with Crippen molar-refractivity contribution >= 4 is 18.1 Å². The molecule has 0 spiro atoms. The molecular weight excluding hydrogens is 312 g/mol. The predicted octanol–water partition coefficient (Wildman–Crippen LogP) is 2.46. The molecule has 0 aliphatic rings. The van der Waals surface area contributed by atoms with Crippen LogP contribution in [0.2, 0.25) is 0 Å². The Bertz CT molecular complexity index is 741. The first-order valence-electron chi connectivity index (χ1n) is 7.02. The summed E-state index contributed by atoms with van der Waals surface area (Å²) in [5, 5.41) is 0. The molecule has 0 N–H and O–H groups in total. The van der Waals surface area contributed by atoms with Crippen LogP contribution in [-0.2, 0) is 4.74 Å². The fourth-order valence-electron chi connectivity index (χ4n) is 1.99. The molecule has 2 aromatic heterocycles. The van der Waals surface area contributed by atoms with Crippen molar-refractivity contribution in [3.8, 4) is 17.4 Å². The van der Waals surface area contributed by atoms with Crippen molar-refractivity contribution in [2.75, 3.05) is 28.4 Å². The number of ether oxygens (including phenoxy) is 4.